The second-order valence-electron chi connectivity index (χ2n) is 5.71. The van der Waals surface area contributed by atoms with Gasteiger partial charge in [-0.05, 0) is 19.3 Å². The molecule has 0 radical (unpaired) electrons. The van der Waals surface area contributed by atoms with Gasteiger partial charge >= 0.3 is 0 Å². The Morgan fingerprint density at radius 3 is 2.82 bits per heavy atom. The number of hydrogen-bond acceptors (Lipinski definition) is 4. The van der Waals surface area contributed by atoms with Gasteiger partial charge in [0.2, 0.25) is 0 Å². The van der Waals surface area contributed by atoms with Crippen molar-refractivity contribution >= 4 is 0 Å². The highest BCUT2D eigenvalue weighted by Gasteiger charge is 2.40. The summed E-state index contributed by atoms with van der Waals surface area (Å²) >= 11 is 0. The molecule has 2 heterocycles. The van der Waals surface area contributed by atoms with Gasteiger partial charge in [-0.3, -0.25) is 4.90 Å². The van der Waals surface area contributed by atoms with Gasteiger partial charge in [-0.25, -0.2) is 0 Å². The molecule has 2 fully saturated rings. The number of likely N-dealkylation sites (tertiary alicyclic amines) is 1. The minimum atomic E-state index is -0.0879. The fourth-order valence-corrected chi connectivity index (χ4v) is 3.00. The average molecular weight is 242 g/mol. The highest BCUT2D eigenvalue weighted by Crippen LogP contribution is 2.29. The zero-order valence-electron chi connectivity index (χ0n) is 11.3. The third-order valence-corrected chi connectivity index (χ3v) is 4.75. The van der Waals surface area contributed by atoms with Crippen LogP contribution < -0.4 is 5.73 Å². The van der Waals surface area contributed by atoms with Crippen molar-refractivity contribution in [1.82, 2.24) is 4.90 Å². The zero-order chi connectivity index (χ0) is 12.5. The molecular formula is C13H26N2O2. The van der Waals surface area contributed by atoms with Crippen LogP contribution in [0.2, 0.25) is 0 Å². The summed E-state index contributed by atoms with van der Waals surface area (Å²) in [5, 5.41) is 0. The Hall–Kier alpha value is -0.160. The summed E-state index contributed by atoms with van der Waals surface area (Å²) in [5.41, 5.74) is 6.03. The van der Waals surface area contributed by atoms with Gasteiger partial charge in [0.1, 0.15) is 5.60 Å². The van der Waals surface area contributed by atoms with Crippen LogP contribution in [0.15, 0.2) is 0 Å². The standard InChI is InChI=1S/C13H26N2O2/c1-10-11(2)15(6-4-12(10)14)8-13(16-3)5-7-17-9-13/h10-12H,4-9,14H2,1-3H3. The van der Waals surface area contributed by atoms with Crippen molar-refractivity contribution in [2.24, 2.45) is 11.7 Å². The van der Waals surface area contributed by atoms with Gasteiger partial charge in [0.05, 0.1) is 6.61 Å². The van der Waals surface area contributed by atoms with E-state index in [4.69, 9.17) is 15.2 Å². The summed E-state index contributed by atoms with van der Waals surface area (Å²) in [5.74, 6) is 0.556. The number of ether oxygens (including phenoxy) is 2. The van der Waals surface area contributed by atoms with Crippen molar-refractivity contribution in [3.05, 3.63) is 0 Å². The summed E-state index contributed by atoms with van der Waals surface area (Å²) in [6.45, 7) is 8.15. The quantitative estimate of drug-likeness (QED) is 0.797. The van der Waals surface area contributed by atoms with E-state index in [1.807, 2.05) is 0 Å². The van der Waals surface area contributed by atoms with E-state index in [9.17, 15) is 0 Å². The Morgan fingerprint density at radius 1 is 1.47 bits per heavy atom. The first kappa shape index (κ1) is 13.3. The van der Waals surface area contributed by atoms with Crippen molar-refractivity contribution < 1.29 is 9.47 Å². The number of rotatable bonds is 3. The lowest BCUT2D eigenvalue weighted by Crippen LogP contribution is -2.56. The van der Waals surface area contributed by atoms with Gasteiger partial charge in [-0.1, -0.05) is 6.92 Å². The minimum absolute atomic E-state index is 0.0879. The van der Waals surface area contributed by atoms with Crippen LogP contribution in [0, 0.1) is 5.92 Å². The van der Waals surface area contributed by atoms with Crippen molar-refractivity contribution in [3.8, 4) is 0 Å². The molecule has 0 aliphatic carbocycles. The van der Waals surface area contributed by atoms with Crippen LogP contribution >= 0.6 is 0 Å². The summed E-state index contributed by atoms with van der Waals surface area (Å²) in [6.07, 6.45) is 2.10. The SMILES string of the molecule is COC1(CN2CCC(N)C(C)C2C)CCOC1. The normalized spacial score (nSPS) is 44.1. The number of nitrogens with two attached hydrogens (primary N) is 1. The predicted octanol–water partition coefficient (Wildman–Crippen LogP) is 0.850. The van der Waals surface area contributed by atoms with Gasteiger partial charge in [-0.2, -0.15) is 0 Å². The Bertz CT molecular complexity index is 254. The Labute approximate surface area is 104 Å². The largest absolute Gasteiger partial charge is 0.378 e. The molecule has 2 aliphatic rings. The third-order valence-electron chi connectivity index (χ3n) is 4.75. The smallest absolute Gasteiger partial charge is 0.106 e. The molecule has 4 atom stereocenters. The van der Waals surface area contributed by atoms with Gasteiger partial charge in [0.25, 0.3) is 0 Å². The van der Waals surface area contributed by atoms with E-state index in [2.05, 4.69) is 18.7 Å². The third kappa shape index (κ3) is 2.65. The van der Waals surface area contributed by atoms with Crippen LogP contribution in [0.3, 0.4) is 0 Å². The Kier molecular flexibility index (Phi) is 4.08. The highest BCUT2D eigenvalue weighted by molar-refractivity contribution is 4.94. The summed E-state index contributed by atoms with van der Waals surface area (Å²) < 4.78 is 11.2. The molecule has 2 aliphatic heterocycles. The number of nitrogens with zero attached hydrogens (tertiary/aromatic N) is 1. The van der Waals surface area contributed by atoms with Crippen molar-refractivity contribution in [3.63, 3.8) is 0 Å². The lowest BCUT2D eigenvalue weighted by molar-refractivity contribution is -0.0590. The van der Waals surface area contributed by atoms with Crippen LogP contribution in [0.4, 0.5) is 0 Å². The molecule has 100 valence electrons. The lowest BCUT2D eigenvalue weighted by Gasteiger charge is -2.44. The lowest BCUT2D eigenvalue weighted by atomic mass is 9.86. The van der Waals surface area contributed by atoms with E-state index in [-0.39, 0.29) is 5.60 Å². The number of piperidine rings is 1. The molecule has 0 aromatic carbocycles. The first-order valence-electron chi connectivity index (χ1n) is 6.70. The number of methoxy groups -OCH3 is 1. The van der Waals surface area contributed by atoms with Crippen molar-refractivity contribution in [2.75, 3.05) is 33.4 Å². The molecule has 0 spiro atoms. The fraction of sp³-hybridized carbons (Fsp3) is 1.00. The molecule has 4 heteroatoms. The second-order valence-corrected chi connectivity index (χ2v) is 5.71. The van der Waals surface area contributed by atoms with Gasteiger partial charge in [0, 0.05) is 45.3 Å². The van der Waals surface area contributed by atoms with Crippen molar-refractivity contribution in [2.45, 2.75) is 44.4 Å². The van der Waals surface area contributed by atoms with Crippen LogP contribution in [0.25, 0.3) is 0 Å². The molecule has 0 amide bonds. The van der Waals surface area contributed by atoms with E-state index in [0.29, 0.717) is 18.0 Å². The summed E-state index contributed by atoms with van der Waals surface area (Å²) in [4.78, 5) is 2.52. The summed E-state index contributed by atoms with van der Waals surface area (Å²) in [7, 11) is 1.80. The van der Waals surface area contributed by atoms with Gasteiger partial charge < -0.3 is 15.2 Å². The molecule has 4 unspecified atom stereocenters. The molecule has 17 heavy (non-hydrogen) atoms. The average Bonchev–Trinajstić information content (AvgIpc) is 2.79. The maximum atomic E-state index is 6.12. The second kappa shape index (κ2) is 5.22. The molecule has 2 N–H and O–H groups in total. The van der Waals surface area contributed by atoms with E-state index >= 15 is 0 Å². The molecule has 2 rings (SSSR count). The Morgan fingerprint density at radius 2 is 2.24 bits per heavy atom. The highest BCUT2D eigenvalue weighted by atomic mass is 16.5. The first-order chi connectivity index (χ1) is 8.08. The molecule has 0 aromatic heterocycles. The topological polar surface area (TPSA) is 47.7 Å². The number of hydrogen-bond donors (Lipinski definition) is 1. The molecule has 0 aromatic rings. The zero-order valence-corrected chi connectivity index (χ0v) is 11.3. The minimum Gasteiger partial charge on any atom is -0.378 e. The van der Waals surface area contributed by atoms with Crippen LogP contribution in [-0.4, -0.2) is 56.0 Å². The van der Waals surface area contributed by atoms with E-state index in [1.165, 1.54) is 0 Å². The van der Waals surface area contributed by atoms with Crippen molar-refractivity contribution in [1.29, 1.82) is 0 Å². The first-order valence-corrected chi connectivity index (χ1v) is 6.70. The van der Waals surface area contributed by atoms with Crippen LogP contribution in [0.1, 0.15) is 26.7 Å². The molecule has 2 saturated heterocycles. The maximum Gasteiger partial charge on any atom is 0.106 e. The molecule has 0 bridgehead atoms. The van der Waals surface area contributed by atoms with Gasteiger partial charge in [0.15, 0.2) is 0 Å². The summed E-state index contributed by atoms with van der Waals surface area (Å²) in [6, 6.07) is 0.881. The molecule has 4 nitrogen and oxygen atoms in total. The predicted molar refractivity (Wildman–Crippen MR) is 68.0 cm³/mol. The monoisotopic (exact) mass is 242 g/mol. The van der Waals surface area contributed by atoms with Crippen LogP contribution in [0.5, 0.6) is 0 Å². The van der Waals surface area contributed by atoms with Crippen LogP contribution in [-0.2, 0) is 9.47 Å². The van der Waals surface area contributed by atoms with E-state index in [0.717, 1.165) is 39.1 Å². The van der Waals surface area contributed by atoms with E-state index < -0.39 is 0 Å². The Balaban J connectivity index is 1.98. The molecular weight excluding hydrogens is 216 g/mol. The van der Waals surface area contributed by atoms with E-state index in [1.54, 1.807) is 7.11 Å². The van der Waals surface area contributed by atoms with Gasteiger partial charge in [-0.15, -0.1) is 0 Å². The molecule has 0 saturated carbocycles. The maximum absolute atomic E-state index is 6.12. The fourth-order valence-electron chi connectivity index (χ4n) is 3.00.